The van der Waals surface area contributed by atoms with E-state index < -0.39 is 0 Å². The van der Waals surface area contributed by atoms with E-state index in [1.54, 1.807) is 12.1 Å². The van der Waals surface area contributed by atoms with E-state index in [4.69, 9.17) is 9.47 Å². The fourth-order valence-electron chi connectivity index (χ4n) is 3.44. The van der Waals surface area contributed by atoms with Gasteiger partial charge in [-0.3, -0.25) is 0 Å². The zero-order valence-electron chi connectivity index (χ0n) is 13.5. The lowest BCUT2D eigenvalue weighted by Crippen LogP contribution is -2.35. The molecular weight excluding hydrogens is 269 g/mol. The van der Waals surface area contributed by atoms with Gasteiger partial charge in [0.25, 0.3) is 0 Å². The van der Waals surface area contributed by atoms with E-state index in [-0.39, 0.29) is 29.8 Å². The molecule has 0 saturated carbocycles. The SMILES string of the molecule is CCNC(c1ccc(OC)c(F)c1)C1C(C)OC(C)C1C. The van der Waals surface area contributed by atoms with Crippen LogP contribution in [0.3, 0.4) is 0 Å². The van der Waals surface area contributed by atoms with Crippen LogP contribution in [0.1, 0.15) is 39.3 Å². The summed E-state index contributed by atoms with van der Waals surface area (Å²) in [6.45, 7) is 9.33. The van der Waals surface area contributed by atoms with Crippen molar-refractivity contribution < 1.29 is 13.9 Å². The normalized spacial score (nSPS) is 30.4. The van der Waals surface area contributed by atoms with E-state index in [0.717, 1.165) is 12.1 Å². The van der Waals surface area contributed by atoms with Crippen molar-refractivity contribution in [2.75, 3.05) is 13.7 Å². The van der Waals surface area contributed by atoms with Crippen LogP contribution in [0, 0.1) is 17.7 Å². The van der Waals surface area contributed by atoms with Crippen molar-refractivity contribution in [1.29, 1.82) is 0 Å². The molecule has 1 heterocycles. The molecule has 0 spiro atoms. The summed E-state index contributed by atoms with van der Waals surface area (Å²) in [7, 11) is 1.48. The number of hydrogen-bond acceptors (Lipinski definition) is 3. The zero-order chi connectivity index (χ0) is 15.6. The molecule has 1 fully saturated rings. The molecule has 1 aliphatic rings. The number of nitrogens with one attached hydrogen (secondary N) is 1. The molecular formula is C17H26FNO2. The molecule has 0 aromatic heterocycles. The van der Waals surface area contributed by atoms with Crippen molar-refractivity contribution in [3.05, 3.63) is 29.6 Å². The lowest BCUT2D eigenvalue weighted by Gasteiger charge is -2.30. The first kappa shape index (κ1) is 16.2. The van der Waals surface area contributed by atoms with E-state index >= 15 is 0 Å². The maximum absolute atomic E-state index is 14.0. The summed E-state index contributed by atoms with van der Waals surface area (Å²) >= 11 is 0. The first-order valence-corrected chi connectivity index (χ1v) is 7.71. The lowest BCUT2D eigenvalue weighted by molar-refractivity contribution is 0.0475. The Hall–Kier alpha value is -1.13. The van der Waals surface area contributed by atoms with Crippen LogP contribution in [0.2, 0.25) is 0 Å². The molecule has 1 aliphatic heterocycles. The van der Waals surface area contributed by atoms with Crippen LogP contribution in [0.5, 0.6) is 5.75 Å². The van der Waals surface area contributed by atoms with Crippen LogP contribution in [-0.2, 0) is 4.74 Å². The smallest absolute Gasteiger partial charge is 0.165 e. The molecule has 21 heavy (non-hydrogen) atoms. The number of rotatable bonds is 5. The highest BCUT2D eigenvalue weighted by Crippen LogP contribution is 2.41. The number of methoxy groups -OCH3 is 1. The largest absolute Gasteiger partial charge is 0.494 e. The fraction of sp³-hybridized carbons (Fsp3) is 0.647. The molecule has 1 aromatic carbocycles. The van der Waals surface area contributed by atoms with E-state index in [1.807, 2.05) is 6.07 Å². The lowest BCUT2D eigenvalue weighted by atomic mass is 9.80. The van der Waals surface area contributed by atoms with Gasteiger partial charge in [-0.1, -0.05) is 19.9 Å². The topological polar surface area (TPSA) is 30.5 Å². The van der Waals surface area contributed by atoms with Crippen molar-refractivity contribution in [2.45, 2.75) is 45.9 Å². The summed E-state index contributed by atoms with van der Waals surface area (Å²) in [6, 6.07) is 5.31. The molecule has 1 N–H and O–H groups in total. The number of benzene rings is 1. The van der Waals surface area contributed by atoms with Gasteiger partial charge in [-0.25, -0.2) is 4.39 Å². The van der Waals surface area contributed by atoms with E-state index in [0.29, 0.717) is 11.8 Å². The first-order valence-electron chi connectivity index (χ1n) is 7.71. The van der Waals surface area contributed by atoms with E-state index in [2.05, 4.69) is 33.0 Å². The van der Waals surface area contributed by atoms with Crippen LogP contribution in [0.4, 0.5) is 4.39 Å². The molecule has 118 valence electrons. The first-order chi connectivity index (χ1) is 9.99. The minimum Gasteiger partial charge on any atom is -0.494 e. The second kappa shape index (κ2) is 6.75. The van der Waals surface area contributed by atoms with Gasteiger partial charge in [-0.05, 0) is 44.0 Å². The fourth-order valence-corrected chi connectivity index (χ4v) is 3.44. The molecule has 0 amide bonds. The Kier molecular flexibility index (Phi) is 5.22. The molecule has 0 bridgehead atoms. The van der Waals surface area contributed by atoms with Crippen molar-refractivity contribution in [3.8, 4) is 5.75 Å². The predicted molar refractivity (Wildman–Crippen MR) is 82.0 cm³/mol. The van der Waals surface area contributed by atoms with Crippen LogP contribution in [0.15, 0.2) is 18.2 Å². The number of ether oxygens (including phenoxy) is 2. The van der Waals surface area contributed by atoms with Gasteiger partial charge in [0.05, 0.1) is 19.3 Å². The van der Waals surface area contributed by atoms with Crippen molar-refractivity contribution in [2.24, 2.45) is 11.8 Å². The Morgan fingerprint density at radius 2 is 2.00 bits per heavy atom. The van der Waals surface area contributed by atoms with E-state index in [1.165, 1.54) is 7.11 Å². The Bertz CT molecular complexity index is 480. The van der Waals surface area contributed by atoms with Crippen LogP contribution in [0.25, 0.3) is 0 Å². The second-order valence-corrected chi connectivity index (χ2v) is 5.91. The van der Waals surface area contributed by atoms with Crippen molar-refractivity contribution in [3.63, 3.8) is 0 Å². The van der Waals surface area contributed by atoms with Crippen molar-refractivity contribution >= 4 is 0 Å². The Morgan fingerprint density at radius 3 is 2.48 bits per heavy atom. The zero-order valence-corrected chi connectivity index (χ0v) is 13.5. The molecule has 3 nitrogen and oxygen atoms in total. The van der Waals surface area contributed by atoms with Gasteiger partial charge >= 0.3 is 0 Å². The summed E-state index contributed by atoms with van der Waals surface area (Å²) in [5.41, 5.74) is 0.955. The molecule has 1 aromatic rings. The minimum atomic E-state index is -0.315. The molecule has 4 heteroatoms. The predicted octanol–water partition coefficient (Wildman–Crippen LogP) is 3.54. The van der Waals surface area contributed by atoms with Crippen LogP contribution < -0.4 is 10.1 Å². The summed E-state index contributed by atoms with van der Waals surface area (Å²) in [6.07, 6.45) is 0.387. The number of halogens is 1. The monoisotopic (exact) mass is 295 g/mol. The highest BCUT2D eigenvalue weighted by Gasteiger charge is 2.42. The number of hydrogen-bond donors (Lipinski definition) is 1. The quantitative estimate of drug-likeness (QED) is 0.901. The maximum Gasteiger partial charge on any atom is 0.165 e. The van der Waals surface area contributed by atoms with Crippen LogP contribution in [-0.4, -0.2) is 25.9 Å². The minimum absolute atomic E-state index is 0.0883. The van der Waals surface area contributed by atoms with Gasteiger partial charge in [-0.2, -0.15) is 0 Å². The van der Waals surface area contributed by atoms with Gasteiger partial charge < -0.3 is 14.8 Å². The summed E-state index contributed by atoms with van der Waals surface area (Å²) in [4.78, 5) is 0. The molecule has 5 atom stereocenters. The summed E-state index contributed by atoms with van der Waals surface area (Å²) in [5.74, 6) is 0.721. The third-order valence-corrected chi connectivity index (χ3v) is 4.66. The summed E-state index contributed by atoms with van der Waals surface area (Å²) in [5, 5.41) is 3.50. The van der Waals surface area contributed by atoms with Gasteiger partial charge in [0, 0.05) is 12.0 Å². The highest BCUT2D eigenvalue weighted by atomic mass is 19.1. The van der Waals surface area contributed by atoms with Gasteiger partial charge in [0.1, 0.15) is 0 Å². The second-order valence-electron chi connectivity index (χ2n) is 5.91. The van der Waals surface area contributed by atoms with Gasteiger partial charge in [0.2, 0.25) is 0 Å². The van der Waals surface area contributed by atoms with Gasteiger partial charge in [-0.15, -0.1) is 0 Å². The average Bonchev–Trinajstić information content (AvgIpc) is 2.70. The highest BCUT2D eigenvalue weighted by molar-refractivity contribution is 5.31. The average molecular weight is 295 g/mol. The molecule has 0 aliphatic carbocycles. The Morgan fingerprint density at radius 1 is 1.29 bits per heavy atom. The Labute approximate surface area is 126 Å². The maximum atomic E-state index is 14.0. The molecule has 1 saturated heterocycles. The van der Waals surface area contributed by atoms with Crippen molar-refractivity contribution in [1.82, 2.24) is 5.32 Å². The third kappa shape index (κ3) is 3.22. The van der Waals surface area contributed by atoms with Gasteiger partial charge in [0.15, 0.2) is 11.6 Å². The molecule has 0 radical (unpaired) electrons. The molecule has 5 unspecified atom stereocenters. The van der Waals surface area contributed by atoms with E-state index in [9.17, 15) is 4.39 Å². The van der Waals surface area contributed by atoms with Crippen LogP contribution >= 0.6 is 0 Å². The molecule has 2 rings (SSSR count). The Balaban J connectivity index is 2.32. The summed E-state index contributed by atoms with van der Waals surface area (Å²) < 4.78 is 25.0. The third-order valence-electron chi connectivity index (χ3n) is 4.66. The standard InChI is InChI=1S/C17H26FNO2/c1-6-19-17(16-10(2)11(3)21-12(16)4)13-7-8-15(20-5)14(18)9-13/h7-12,16-17,19H,6H2,1-5H3.